The van der Waals surface area contributed by atoms with Gasteiger partial charge in [0.15, 0.2) is 5.76 Å². The number of nitrogens with zero attached hydrogens (tertiary/aromatic N) is 1. The largest absolute Gasteiger partial charge is 0.456 e. The summed E-state index contributed by atoms with van der Waals surface area (Å²) >= 11 is 0. The highest BCUT2D eigenvalue weighted by molar-refractivity contribution is 5.91. The molecule has 0 radical (unpaired) electrons. The van der Waals surface area contributed by atoms with Gasteiger partial charge in [0, 0.05) is 18.7 Å². The normalized spacial score (nSPS) is 20.9. The first kappa shape index (κ1) is 13.1. The van der Waals surface area contributed by atoms with E-state index < -0.39 is 0 Å². The molecule has 100 valence electrons. The lowest BCUT2D eigenvalue weighted by Gasteiger charge is -2.30. The minimum absolute atomic E-state index is 0.287. The van der Waals surface area contributed by atoms with Crippen molar-refractivity contribution in [3.63, 3.8) is 0 Å². The molecule has 0 saturated carbocycles. The Labute approximate surface area is 107 Å². The number of furan rings is 1. The van der Waals surface area contributed by atoms with Gasteiger partial charge >= 0.3 is 5.91 Å². The molecule has 1 aromatic rings. The molecule has 1 aliphatic rings. The molecule has 3 N–H and O–H groups in total. The summed E-state index contributed by atoms with van der Waals surface area (Å²) in [4.78, 5) is 13.8. The third-order valence-corrected chi connectivity index (χ3v) is 3.51. The standard InChI is InChI=1S/C13H21N3O2/c1-9-4-3-5-16(7-9)8-11-6-12(13(17)15-14)18-10(11)2/h6,9H,3-5,7-8,14H2,1-2H3,(H,15,17). The molecule has 5 nitrogen and oxygen atoms in total. The van der Waals surface area contributed by atoms with Crippen LogP contribution < -0.4 is 11.3 Å². The molecule has 18 heavy (non-hydrogen) atoms. The van der Waals surface area contributed by atoms with Crippen molar-refractivity contribution >= 4 is 5.91 Å². The minimum Gasteiger partial charge on any atom is -0.456 e. The minimum atomic E-state index is -0.378. The average Bonchev–Trinajstić information content (AvgIpc) is 2.70. The van der Waals surface area contributed by atoms with E-state index in [9.17, 15) is 4.79 Å². The quantitative estimate of drug-likeness (QED) is 0.484. The number of rotatable bonds is 3. The van der Waals surface area contributed by atoms with Gasteiger partial charge in [-0.15, -0.1) is 0 Å². The maximum absolute atomic E-state index is 11.4. The molecule has 1 amide bonds. The molecule has 1 atom stereocenters. The highest BCUT2D eigenvalue weighted by Gasteiger charge is 2.19. The van der Waals surface area contributed by atoms with E-state index in [4.69, 9.17) is 10.3 Å². The number of hydrogen-bond donors (Lipinski definition) is 2. The summed E-state index contributed by atoms with van der Waals surface area (Å²) in [5.74, 6) is 6.55. The van der Waals surface area contributed by atoms with E-state index in [1.807, 2.05) is 6.92 Å². The Morgan fingerprint density at radius 3 is 3.11 bits per heavy atom. The molecular formula is C13H21N3O2. The van der Waals surface area contributed by atoms with Crippen molar-refractivity contribution in [2.24, 2.45) is 11.8 Å². The number of carbonyl (C=O) groups excluding carboxylic acids is 1. The fourth-order valence-electron chi connectivity index (χ4n) is 2.53. The van der Waals surface area contributed by atoms with Crippen molar-refractivity contribution in [1.29, 1.82) is 0 Å². The summed E-state index contributed by atoms with van der Waals surface area (Å²) in [6.45, 7) is 7.24. The van der Waals surface area contributed by atoms with Gasteiger partial charge in [-0.3, -0.25) is 15.1 Å². The number of aryl methyl sites for hydroxylation is 1. The predicted molar refractivity (Wildman–Crippen MR) is 68.8 cm³/mol. The van der Waals surface area contributed by atoms with E-state index >= 15 is 0 Å². The second-order valence-electron chi connectivity index (χ2n) is 5.15. The molecule has 0 aromatic carbocycles. The maximum Gasteiger partial charge on any atom is 0.300 e. The smallest absolute Gasteiger partial charge is 0.300 e. The Hall–Kier alpha value is -1.33. The van der Waals surface area contributed by atoms with E-state index in [1.54, 1.807) is 6.07 Å². The van der Waals surface area contributed by atoms with Gasteiger partial charge < -0.3 is 4.42 Å². The van der Waals surface area contributed by atoms with Crippen molar-refractivity contribution < 1.29 is 9.21 Å². The SMILES string of the molecule is Cc1oc(C(=O)NN)cc1CN1CCCC(C)C1. The van der Waals surface area contributed by atoms with Gasteiger partial charge in [-0.25, -0.2) is 5.84 Å². The van der Waals surface area contributed by atoms with Gasteiger partial charge in [-0.1, -0.05) is 6.92 Å². The van der Waals surface area contributed by atoms with Crippen molar-refractivity contribution in [2.45, 2.75) is 33.2 Å². The Kier molecular flexibility index (Phi) is 4.04. The first-order valence-corrected chi connectivity index (χ1v) is 6.42. The third-order valence-electron chi connectivity index (χ3n) is 3.51. The molecule has 1 unspecified atom stereocenters. The van der Waals surface area contributed by atoms with Crippen LogP contribution in [0, 0.1) is 12.8 Å². The van der Waals surface area contributed by atoms with Crippen LogP contribution in [0.3, 0.4) is 0 Å². The fourth-order valence-corrected chi connectivity index (χ4v) is 2.53. The van der Waals surface area contributed by atoms with Crippen molar-refractivity contribution in [3.05, 3.63) is 23.2 Å². The fraction of sp³-hybridized carbons (Fsp3) is 0.615. The molecule has 1 saturated heterocycles. The van der Waals surface area contributed by atoms with Crippen LogP contribution in [0.2, 0.25) is 0 Å². The summed E-state index contributed by atoms with van der Waals surface area (Å²) in [6, 6.07) is 1.79. The van der Waals surface area contributed by atoms with Gasteiger partial charge in [0.2, 0.25) is 0 Å². The summed E-state index contributed by atoms with van der Waals surface area (Å²) in [6.07, 6.45) is 2.55. The Balaban J connectivity index is 2.04. The van der Waals surface area contributed by atoms with Crippen LogP contribution in [0.25, 0.3) is 0 Å². The number of amides is 1. The first-order valence-electron chi connectivity index (χ1n) is 6.42. The lowest BCUT2D eigenvalue weighted by atomic mass is 10.00. The molecule has 1 aliphatic heterocycles. The topological polar surface area (TPSA) is 71.5 Å². The number of nitrogens with one attached hydrogen (secondary N) is 1. The maximum atomic E-state index is 11.4. The van der Waals surface area contributed by atoms with E-state index in [0.717, 1.165) is 36.9 Å². The highest BCUT2D eigenvalue weighted by Crippen LogP contribution is 2.21. The van der Waals surface area contributed by atoms with Crippen LogP contribution >= 0.6 is 0 Å². The monoisotopic (exact) mass is 251 g/mol. The van der Waals surface area contributed by atoms with Gasteiger partial charge in [0.1, 0.15) is 5.76 Å². The van der Waals surface area contributed by atoms with E-state index in [2.05, 4.69) is 17.2 Å². The van der Waals surface area contributed by atoms with Gasteiger partial charge in [-0.05, 0) is 38.3 Å². The van der Waals surface area contributed by atoms with Crippen molar-refractivity contribution in [3.8, 4) is 0 Å². The third kappa shape index (κ3) is 2.91. The molecule has 0 aliphatic carbocycles. The zero-order valence-electron chi connectivity index (χ0n) is 11.0. The number of hydrogen-bond acceptors (Lipinski definition) is 4. The molecule has 2 heterocycles. The summed E-state index contributed by atoms with van der Waals surface area (Å²) < 4.78 is 5.42. The number of likely N-dealkylation sites (tertiary alicyclic amines) is 1. The van der Waals surface area contributed by atoms with Crippen LogP contribution in [-0.2, 0) is 6.54 Å². The van der Waals surface area contributed by atoms with E-state index in [0.29, 0.717) is 0 Å². The highest BCUT2D eigenvalue weighted by atomic mass is 16.4. The van der Waals surface area contributed by atoms with Crippen molar-refractivity contribution in [1.82, 2.24) is 10.3 Å². The van der Waals surface area contributed by atoms with Gasteiger partial charge in [0.05, 0.1) is 0 Å². The summed E-state index contributed by atoms with van der Waals surface area (Å²) in [7, 11) is 0. The zero-order chi connectivity index (χ0) is 13.1. The van der Waals surface area contributed by atoms with Gasteiger partial charge in [-0.2, -0.15) is 0 Å². The zero-order valence-corrected chi connectivity index (χ0v) is 11.0. The number of hydrazine groups is 1. The lowest BCUT2D eigenvalue weighted by molar-refractivity contribution is 0.0924. The molecular weight excluding hydrogens is 230 g/mol. The molecule has 5 heteroatoms. The molecule has 0 bridgehead atoms. The second-order valence-corrected chi connectivity index (χ2v) is 5.15. The van der Waals surface area contributed by atoms with Crippen LogP contribution in [0.5, 0.6) is 0 Å². The number of carbonyl (C=O) groups is 1. The number of nitrogens with two attached hydrogens (primary N) is 1. The predicted octanol–water partition coefficient (Wildman–Crippen LogP) is 1.42. The molecule has 1 aromatic heterocycles. The van der Waals surface area contributed by atoms with Gasteiger partial charge in [0.25, 0.3) is 0 Å². The Morgan fingerprint density at radius 1 is 1.67 bits per heavy atom. The second kappa shape index (κ2) is 5.54. The van der Waals surface area contributed by atoms with Crippen molar-refractivity contribution in [2.75, 3.05) is 13.1 Å². The van der Waals surface area contributed by atoms with Crippen LogP contribution in [0.1, 0.15) is 41.6 Å². The van der Waals surface area contributed by atoms with Crippen LogP contribution in [0.4, 0.5) is 0 Å². The van der Waals surface area contributed by atoms with E-state index in [1.165, 1.54) is 12.8 Å². The molecule has 1 fully saturated rings. The van der Waals surface area contributed by atoms with Crippen LogP contribution in [-0.4, -0.2) is 23.9 Å². The van der Waals surface area contributed by atoms with E-state index in [-0.39, 0.29) is 11.7 Å². The Morgan fingerprint density at radius 2 is 2.44 bits per heavy atom. The number of nitrogen functional groups attached to an aromatic ring is 1. The first-order chi connectivity index (χ1) is 8.60. The molecule has 2 rings (SSSR count). The summed E-state index contributed by atoms with van der Waals surface area (Å²) in [5.41, 5.74) is 3.16. The van der Waals surface area contributed by atoms with Crippen LogP contribution in [0.15, 0.2) is 10.5 Å². The summed E-state index contributed by atoms with van der Waals surface area (Å²) in [5, 5.41) is 0. The Bertz CT molecular complexity index is 428. The number of piperidine rings is 1. The molecule has 0 spiro atoms. The average molecular weight is 251 g/mol. The lowest BCUT2D eigenvalue weighted by Crippen LogP contribution is -2.33.